The van der Waals surface area contributed by atoms with E-state index in [1.807, 2.05) is 0 Å². The molecular formula is C25H44N6O. The van der Waals surface area contributed by atoms with Crippen molar-refractivity contribution in [1.29, 1.82) is 0 Å². The van der Waals surface area contributed by atoms with Crippen molar-refractivity contribution in [2.75, 3.05) is 79.6 Å². The number of aliphatic imine (C=N–C) groups is 1. The first-order chi connectivity index (χ1) is 15.6. The Kier molecular flexibility index (Phi) is 10.1. The Balaban J connectivity index is 1.57. The summed E-state index contributed by atoms with van der Waals surface area (Å²) in [5.41, 5.74) is 1.33. The van der Waals surface area contributed by atoms with E-state index in [-0.39, 0.29) is 0 Å². The first kappa shape index (κ1) is 24.8. The molecule has 32 heavy (non-hydrogen) atoms. The van der Waals surface area contributed by atoms with Gasteiger partial charge in [0.15, 0.2) is 5.96 Å². The Bertz CT molecular complexity index is 680. The average Bonchev–Trinajstić information content (AvgIpc) is 3.34. The molecule has 0 aromatic heterocycles. The lowest BCUT2D eigenvalue weighted by Crippen LogP contribution is -2.46. The fourth-order valence-electron chi connectivity index (χ4n) is 4.65. The Morgan fingerprint density at radius 3 is 2.34 bits per heavy atom. The molecule has 0 aliphatic carbocycles. The van der Waals surface area contributed by atoms with Gasteiger partial charge in [-0.25, -0.2) is 0 Å². The minimum Gasteiger partial charge on any atom is -0.497 e. The van der Waals surface area contributed by atoms with Crippen LogP contribution >= 0.6 is 0 Å². The molecule has 2 unspecified atom stereocenters. The van der Waals surface area contributed by atoms with Crippen molar-refractivity contribution in [1.82, 2.24) is 25.3 Å². The number of guanidine groups is 1. The Morgan fingerprint density at radius 2 is 1.72 bits per heavy atom. The standard InChI is InChI=1S/C25H44N6O/c1-5-26-25(27-18-21(2)20-30-16-14-29(3)15-17-30)28-19-24(31-12-6-7-13-31)22-8-10-23(32-4)11-9-22/h8-11,21,24H,5-7,12-20H2,1-4H3,(H2,26,27,28). The average molecular weight is 445 g/mol. The zero-order valence-electron chi connectivity index (χ0n) is 20.6. The van der Waals surface area contributed by atoms with Crippen LogP contribution in [0.1, 0.15) is 38.3 Å². The largest absolute Gasteiger partial charge is 0.497 e. The van der Waals surface area contributed by atoms with Crippen LogP contribution in [0.5, 0.6) is 5.75 Å². The summed E-state index contributed by atoms with van der Waals surface area (Å²) in [5.74, 6) is 2.38. The molecule has 2 N–H and O–H groups in total. The predicted molar refractivity (Wildman–Crippen MR) is 134 cm³/mol. The van der Waals surface area contributed by atoms with Crippen molar-refractivity contribution in [3.05, 3.63) is 29.8 Å². The molecule has 2 aliphatic heterocycles. The van der Waals surface area contributed by atoms with E-state index in [1.165, 1.54) is 44.6 Å². The molecule has 1 aromatic rings. The highest BCUT2D eigenvalue weighted by atomic mass is 16.5. The number of likely N-dealkylation sites (N-methyl/N-ethyl adjacent to an activating group) is 1. The van der Waals surface area contributed by atoms with Gasteiger partial charge < -0.3 is 25.2 Å². The van der Waals surface area contributed by atoms with Crippen LogP contribution in [0.25, 0.3) is 0 Å². The molecule has 7 heteroatoms. The SMILES string of the molecule is CCNC(=NCC(C)CN1CCN(C)CC1)NCC(c1ccc(OC)cc1)N1CCCC1. The van der Waals surface area contributed by atoms with Gasteiger partial charge in [0, 0.05) is 52.4 Å². The summed E-state index contributed by atoms with van der Waals surface area (Å²) in [5, 5.41) is 7.08. The van der Waals surface area contributed by atoms with E-state index >= 15 is 0 Å². The number of likely N-dealkylation sites (tertiary alicyclic amines) is 1. The zero-order chi connectivity index (χ0) is 22.8. The van der Waals surface area contributed by atoms with Gasteiger partial charge in [-0.1, -0.05) is 19.1 Å². The number of hydrogen-bond acceptors (Lipinski definition) is 5. The molecule has 3 rings (SSSR count). The monoisotopic (exact) mass is 444 g/mol. The third-order valence-corrected chi connectivity index (χ3v) is 6.62. The number of rotatable bonds is 10. The molecular weight excluding hydrogens is 400 g/mol. The summed E-state index contributed by atoms with van der Waals surface area (Å²) < 4.78 is 5.35. The molecule has 0 saturated carbocycles. The molecule has 0 radical (unpaired) electrons. The minimum absolute atomic E-state index is 0.343. The van der Waals surface area contributed by atoms with E-state index in [0.717, 1.165) is 51.0 Å². The van der Waals surface area contributed by atoms with Crippen LogP contribution in [0.15, 0.2) is 29.3 Å². The second kappa shape index (κ2) is 13.0. The molecule has 2 aliphatic rings. The molecule has 2 saturated heterocycles. The van der Waals surface area contributed by atoms with E-state index in [0.29, 0.717) is 12.0 Å². The quantitative estimate of drug-likeness (QED) is 0.427. The van der Waals surface area contributed by atoms with Gasteiger partial charge in [0.2, 0.25) is 0 Å². The lowest BCUT2D eigenvalue weighted by atomic mass is 10.1. The first-order valence-corrected chi connectivity index (χ1v) is 12.4. The van der Waals surface area contributed by atoms with Gasteiger partial charge in [0.25, 0.3) is 0 Å². The maximum atomic E-state index is 5.35. The lowest BCUT2D eigenvalue weighted by molar-refractivity contribution is 0.140. The zero-order valence-corrected chi connectivity index (χ0v) is 20.6. The highest BCUT2D eigenvalue weighted by Crippen LogP contribution is 2.26. The molecule has 180 valence electrons. The van der Waals surface area contributed by atoms with E-state index in [9.17, 15) is 0 Å². The number of nitrogens with zero attached hydrogens (tertiary/aromatic N) is 4. The lowest BCUT2D eigenvalue weighted by Gasteiger charge is -2.33. The third-order valence-electron chi connectivity index (χ3n) is 6.62. The maximum absolute atomic E-state index is 5.35. The second-order valence-corrected chi connectivity index (χ2v) is 9.34. The topological polar surface area (TPSA) is 55.4 Å². The fraction of sp³-hybridized carbons (Fsp3) is 0.720. The molecule has 2 heterocycles. The van der Waals surface area contributed by atoms with Crippen LogP contribution in [0, 0.1) is 5.92 Å². The van der Waals surface area contributed by atoms with Gasteiger partial charge in [0.05, 0.1) is 13.2 Å². The summed E-state index contributed by atoms with van der Waals surface area (Å²) in [4.78, 5) is 12.5. The number of benzene rings is 1. The van der Waals surface area contributed by atoms with Crippen molar-refractivity contribution < 1.29 is 4.74 Å². The summed E-state index contributed by atoms with van der Waals surface area (Å²) in [7, 11) is 3.93. The van der Waals surface area contributed by atoms with Crippen molar-refractivity contribution in [2.45, 2.75) is 32.7 Å². The van der Waals surface area contributed by atoms with Crippen LogP contribution in [0.4, 0.5) is 0 Å². The highest BCUT2D eigenvalue weighted by Gasteiger charge is 2.24. The van der Waals surface area contributed by atoms with Gasteiger partial charge in [-0.3, -0.25) is 9.89 Å². The number of methoxy groups -OCH3 is 1. The predicted octanol–water partition coefficient (Wildman–Crippen LogP) is 2.27. The van der Waals surface area contributed by atoms with E-state index < -0.39 is 0 Å². The van der Waals surface area contributed by atoms with Gasteiger partial charge in [-0.2, -0.15) is 0 Å². The van der Waals surface area contributed by atoms with Crippen molar-refractivity contribution in [3.63, 3.8) is 0 Å². The Morgan fingerprint density at radius 1 is 1.03 bits per heavy atom. The minimum atomic E-state index is 0.343. The van der Waals surface area contributed by atoms with Crippen LogP contribution in [0.2, 0.25) is 0 Å². The van der Waals surface area contributed by atoms with Crippen LogP contribution in [0.3, 0.4) is 0 Å². The van der Waals surface area contributed by atoms with Crippen LogP contribution in [-0.4, -0.2) is 100 Å². The molecule has 2 atom stereocenters. The van der Waals surface area contributed by atoms with Gasteiger partial charge in [-0.05, 0) is 63.5 Å². The van der Waals surface area contributed by atoms with Gasteiger partial charge >= 0.3 is 0 Å². The molecule has 0 amide bonds. The summed E-state index contributed by atoms with van der Waals surface area (Å²) in [6, 6.07) is 8.88. The van der Waals surface area contributed by atoms with E-state index in [4.69, 9.17) is 9.73 Å². The molecule has 0 spiro atoms. The Hall–Kier alpha value is -1.83. The number of hydrogen-bond donors (Lipinski definition) is 2. The van der Waals surface area contributed by atoms with E-state index in [1.54, 1.807) is 7.11 Å². The van der Waals surface area contributed by atoms with Gasteiger partial charge in [0.1, 0.15) is 5.75 Å². The summed E-state index contributed by atoms with van der Waals surface area (Å²) >= 11 is 0. The highest BCUT2D eigenvalue weighted by molar-refractivity contribution is 5.79. The van der Waals surface area contributed by atoms with Gasteiger partial charge in [-0.15, -0.1) is 0 Å². The molecule has 0 bridgehead atoms. The maximum Gasteiger partial charge on any atom is 0.191 e. The van der Waals surface area contributed by atoms with Crippen molar-refractivity contribution >= 4 is 5.96 Å². The molecule has 1 aromatic carbocycles. The second-order valence-electron chi connectivity index (χ2n) is 9.34. The molecule has 7 nitrogen and oxygen atoms in total. The normalized spacial score (nSPS) is 20.8. The number of ether oxygens (including phenoxy) is 1. The van der Waals surface area contributed by atoms with Crippen molar-refractivity contribution in [2.24, 2.45) is 10.9 Å². The summed E-state index contributed by atoms with van der Waals surface area (Å²) in [6.45, 7) is 15.1. The first-order valence-electron chi connectivity index (χ1n) is 12.4. The number of piperazine rings is 1. The third kappa shape index (κ3) is 7.64. The summed E-state index contributed by atoms with van der Waals surface area (Å²) in [6.07, 6.45) is 2.56. The fourth-order valence-corrected chi connectivity index (χ4v) is 4.65. The van der Waals surface area contributed by atoms with E-state index in [2.05, 4.69) is 70.5 Å². The molecule has 2 fully saturated rings. The van der Waals surface area contributed by atoms with Crippen LogP contribution < -0.4 is 15.4 Å². The smallest absolute Gasteiger partial charge is 0.191 e. The van der Waals surface area contributed by atoms with Crippen molar-refractivity contribution in [3.8, 4) is 5.75 Å². The number of nitrogens with one attached hydrogen (secondary N) is 2. The van der Waals surface area contributed by atoms with Crippen LogP contribution in [-0.2, 0) is 0 Å². The Labute approximate surface area is 195 Å².